The molecule has 14 heavy (non-hydrogen) atoms. The zero-order valence-corrected chi connectivity index (χ0v) is 9.50. The van der Waals surface area contributed by atoms with Crippen molar-refractivity contribution in [2.45, 2.75) is 13.8 Å². The third-order valence-electron chi connectivity index (χ3n) is 1.82. The van der Waals surface area contributed by atoms with Crippen LogP contribution in [0, 0.1) is 18.6 Å². The first-order valence-electron chi connectivity index (χ1n) is 4.16. The second-order valence-electron chi connectivity index (χ2n) is 2.94. The van der Waals surface area contributed by atoms with Gasteiger partial charge in [-0.3, -0.25) is 0 Å². The van der Waals surface area contributed by atoms with Gasteiger partial charge >= 0.3 is 0 Å². The van der Waals surface area contributed by atoms with Crippen molar-refractivity contribution in [3.63, 3.8) is 0 Å². The highest BCUT2D eigenvalue weighted by Crippen LogP contribution is 2.27. The number of hydrogen-bond donors (Lipinski definition) is 1. The average molecular weight is 223 g/mol. The molecule has 2 heterocycles. The van der Waals surface area contributed by atoms with Crippen molar-refractivity contribution >= 4 is 23.6 Å². The van der Waals surface area contributed by atoms with E-state index in [9.17, 15) is 0 Å². The molecule has 0 aliphatic heterocycles. The van der Waals surface area contributed by atoms with Gasteiger partial charge in [-0.05, 0) is 32.1 Å². The molecule has 0 amide bonds. The second-order valence-corrected chi connectivity index (χ2v) is 4.53. The fraction of sp³-hybridized carbons (Fsp3) is 0.222. The molecule has 0 aliphatic rings. The molecule has 0 fully saturated rings. The van der Waals surface area contributed by atoms with E-state index in [1.54, 1.807) is 17.5 Å². The molecule has 72 valence electrons. The Hall–Kier alpha value is -1.07. The van der Waals surface area contributed by atoms with Crippen LogP contribution in [0.5, 0.6) is 0 Å². The standard InChI is InChI=1S/C9H9N3S2/c1-5-8(14-6(2)11-5)7-3-4-10-9(13)12-7/h3-4H,1-2H3,(H,10,12,13). The van der Waals surface area contributed by atoms with Gasteiger partial charge in [0.2, 0.25) is 0 Å². The highest BCUT2D eigenvalue weighted by Gasteiger charge is 2.07. The Morgan fingerprint density at radius 2 is 2.21 bits per heavy atom. The average Bonchev–Trinajstić information content (AvgIpc) is 2.45. The fourth-order valence-corrected chi connectivity index (χ4v) is 2.35. The van der Waals surface area contributed by atoms with Crippen molar-refractivity contribution in [2.75, 3.05) is 0 Å². The molecule has 5 heteroatoms. The second kappa shape index (κ2) is 3.59. The van der Waals surface area contributed by atoms with Crippen LogP contribution in [0.1, 0.15) is 10.7 Å². The van der Waals surface area contributed by atoms with E-state index in [1.165, 1.54) is 0 Å². The Morgan fingerprint density at radius 1 is 1.43 bits per heavy atom. The lowest BCUT2D eigenvalue weighted by Crippen LogP contribution is -1.85. The number of hydrogen-bond acceptors (Lipinski definition) is 4. The van der Waals surface area contributed by atoms with Crippen LogP contribution in [-0.2, 0) is 0 Å². The first-order chi connectivity index (χ1) is 6.66. The first-order valence-corrected chi connectivity index (χ1v) is 5.39. The molecule has 0 aromatic carbocycles. The molecule has 0 saturated carbocycles. The quantitative estimate of drug-likeness (QED) is 0.756. The molecular weight excluding hydrogens is 214 g/mol. The van der Waals surface area contributed by atoms with Gasteiger partial charge < -0.3 is 4.98 Å². The number of rotatable bonds is 1. The van der Waals surface area contributed by atoms with Gasteiger partial charge in [-0.2, -0.15) is 0 Å². The van der Waals surface area contributed by atoms with E-state index < -0.39 is 0 Å². The van der Waals surface area contributed by atoms with Crippen LogP contribution in [0.3, 0.4) is 0 Å². The number of aryl methyl sites for hydroxylation is 2. The highest BCUT2D eigenvalue weighted by atomic mass is 32.1. The lowest BCUT2D eigenvalue weighted by molar-refractivity contribution is 1.13. The molecule has 0 unspecified atom stereocenters. The summed E-state index contributed by atoms with van der Waals surface area (Å²) in [7, 11) is 0. The third-order valence-corrected chi connectivity index (χ3v) is 3.14. The van der Waals surface area contributed by atoms with Crippen molar-refractivity contribution in [3.8, 4) is 10.6 Å². The summed E-state index contributed by atoms with van der Waals surface area (Å²) in [5.74, 6) is 0. The summed E-state index contributed by atoms with van der Waals surface area (Å²) in [5, 5.41) is 1.06. The molecule has 2 aromatic heterocycles. The molecule has 0 spiro atoms. The molecule has 0 radical (unpaired) electrons. The van der Waals surface area contributed by atoms with Gasteiger partial charge in [0.25, 0.3) is 0 Å². The van der Waals surface area contributed by atoms with Crippen LogP contribution >= 0.6 is 23.6 Å². The Bertz CT molecular complexity index is 513. The zero-order valence-electron chi connectivity index (χ0n) is 7.87. The Kier molecular flexibility index (Phi) is 2.43. The maximum atomic E-state index is 4.97. The van der Waals surface area contributed by atoms with Crippen LogP contribution < -0.4 is 0 Å². The maximum absolute atomic E-state index is 4.97. The van der Waals surface area contributed by atoms with E-state index >= 15 is 0 Å². The molecule has 0 atom stereocenters. The number of aromatic amines is 1. The number of aromatic nitrogens is 3. The predicted molar refractivity (Wildman–Crippen MR) is 60.0 cm³/mol. The minimum Gasteiger partial charge on any atom is -0.330 e. The van der Waals surface area contributed by atoms with E-state index in [2.05, 4.69) is 15.0 Å². The Balaban J connectivity index is 2.59. The topological polar surface area (TPSA) is 41.6 Å². The molecule has 0 aliphatic carbocycles. The van der Waals surface area contributed by atoms with Crippen LogP contribution in [0.25, 0.3) is 10.6 Å². The summed E-state index contributed by atoms with van der Waals surface area (Å²) in [5.41, 5.74) is 2.03. The van der Waals surface area contributed by atoms with Gasteiger partial charge in [-0.25, -0.2) is 9.97 Å². The molecule has 2 aromatic rings. The predicted octanol–water partition coefficient (Wildman–Crippen LogP) is 2.88. The van der Waals surface area contributed by atoms with Crippen LogP contribution in [0.4, 0.5) is 0 Å². The summed E-state index contributed by atoms with van der Waals surface area (Å²) < 4.78 is 0.507. The zero-order chi connectivity index (χ0) is 10.1. The van der Waals surface area contributed by atoms with Crippen molar-refractivity contribution < 1.29 is 0 Å². The fourth-order valence-electron chi connectivity index (χ4n) is 1.28. The lowest BCUT2D eigenvalue weighted by atomic mass is 10.3. The molecule has 1 N–H and O–H groups in total. The van der Waals surface area contributed by atoms with Gasteiger partial charge in [0.05, 0.1) is 21.3 Å². The Labute approximate surface area is 90.9 Å². The number of nitrogens with zero attached hydrogens (tertiary/aromatic N) is 2. The number of H-pyrrole nitrogens is 1. The smallest absolute Gasteiger partial charge is 0.197 e. The van der Waals surface area contributed by atoms with Crippen molar-refractivity contribution in [3.05, 3.63) is 27.7 Å². The van der Waals surface area contributed by atoms with Gasteiger partial charge in [-0.1, -0.05) is 0 Å². The monoisotopic (exact) mass is 223 g/mol. The van der Waals surface area contributed by atoms with Crippen molar-refractivity contribution in [1.82, 2.24) is 15.0 Å². The molecule has 0 saturated heterocycles. The van der Waals surface area contributed by atoms with Crippen molar-refractivity contribution in [2.24, 2.45) is 0 Å². The van der Waals surface area contributed by atoms with Gasteiger partial charge in [0.15, 0.2) is 4.77 Å². The maximum Gasteiger partial charge on any atom is 0.197 e. The number of thiazole rings is 1. The largest absolute Gasteiger partial charge is 0.330 e. The highest BCUT2D eigenvalue weighted by molar-refractivity contribution is 7.71. The van der Waals surface area contributed by atoms with E-state index in [0.29, 0.717) is 4.77 Å². The van der Waals surface area contributed by atoms with Crippen LogP contribution in [0.2, 0.25) is 0 Å². The minimum absolute atomic E-state index is 0.507. The van der Waals surface area contributed by atoms with Gasteiger partial charge in [0, 0.05) is 6.20 Å². The Morgan fingerprint density at radius 3 is 2.79 bits per heavy atom. The summed E-state index contributed by atoms with van der Waals surface area (Å²) >= 11 is 6.63. The number of nitrogens with one attached hydrogen (secondary N) is 1. The van der Waals surface area contributed by atoms with Crippen molar-refractivity contribution in [1.29, 1.82) is 0 Å². The van der Waals surface area contributed by atoms with E-state index in [-0.39, 0.29) is 0 Å². The molecule has 3 nitrogen and oxygen atoms in total. The van der Waals surface area contributed by atoms with E-state index in [4.69, 9.17) is 12.2 Å². The summed E-state index contributed by atoms with van der Waals surface area (Å²) in [4.78, 5) is 12.5. The SMILES string of the molecule is Cc1nc(C)c(-c2ccnc(=S)[nH]2)s1. The normalized spacial score (nSPS) is 10.4. The molecular formula is C9H9N3S2. The van der Waals surface area contributed by atoms with Crippen LogP contribution in [0.15, 0.2) is 12.3 Å². The van der Waals surface area contributed by atoms with Gasteiger partial charge in [0.1, 0.15) is 0 Å². The summed E-state index contributed by atoms with van der Waals surface area (Å²) in [6.07, 6.45) is 1.71. The summed E-state index contributed by atoms with van der Waals surface area (Å²) in [6, 6.07) is 1.91. The lowest BCUT2D eigenvalue weighted by Gasteiger charge is -1.97. The first kappa shape index (κ1) is 9.48. The van der Waals surface area contributed by atoms with Gasteiger partial charge in [-0.15, -0.1) is 11.3 Å². The van der Waals surface area contributed by atoms with E-state index in [0.717, 1.165) is 21.3 Å². The third kappa shape index (κ3) is 1.73. The van der Waals surface area contributed by atoms with Crippen LogP contribution in [-0.4, -0.2) is 15.0 Å². The minimum atomic E-state index is 0.507. The molecule has 0 bridgehead atoms. The summed E-state index contributed by atoms with van der Waals surface area (Å²) in [6.45, 7) is 3.99. The molecule has 2 rings (SSSR count). The van der Waals surface area contributed by atoms with E-state index in [1.807, 2.05) is 19.9 Å².